The van der Waals surface area contributed by atoms with E-state index in [1.165, 1.54) is 22.8 Å². The van der Waals surface area contributed by atoms with Crippen LogP contribution in [0.15, 0.2) is 65.5 Å². The molecule has 0 spiro atoms. The minimum atomic E-state index is -0.472. The molecule has 154 valence electrons. The monoisotopic (exact) mass is 471 g/mol. The molecule has 3 aromatic carbocycles. The quantitative estimate of drug-likeness (QED) is 0.253. The van der Waals surface area contributed by atoms with E-state index >= 15 is 0 Å². The molecule has 0 aliphatic rings. The molecule has 0 aliphatic carbocycles. The normalized spacial score (nSPS) is 11.3. The van der Waals surface area contributed by atoms with Gasteiger partial charge in [-0.15, -0.1) is 0 Å². The fourth-order valence-electron chi connectivity index (χ4n) is 3.08. The molecule has 1 aromatic heterocycles. The molecule has 1 heterocycles. The molecule has 6 nitrogen and oxygen atoms in total. The van der Waals surface area contributed by atoms with Crippen molar-refractivity contribution in [2.24, 2.45) is 0 Å². The van der Waals surface area contributed by atoms with Gasteiger partial charge in [0.2, 0.25) is 0 Å². The van der Waals surface area contributed by atoms with Crippen LogP contribution in [0.3, 0.4) is 0 Å². The number of nitro benzene ring substituents is 1. The first-order chi connectivity index (χ1) is 14.8. The summed E-state index contributed by atoms with van der Waals surface area (Å²) in [5, 5.41) is 12.1. The van der Waals surface area contributed by atoms with Gasteiger partial charge in [-0.2, -0.15) is 0 Å². The van der Waals surface area contributed by atoms with Crippen LogP contribution in [0.4, 0.5) is 5.69 Å². The number of rotatable bonds is 4. The summed E-state index contributed by atoms with van der Waals surface area (Å²) in [6.45, 7) is 0. The fraction of sp³-hybridized carbons (Fsp3) is 0. The SMILES string of the molecule is O=c1c2cc(Cl)ccc2nc(/C=C/c2ccc([N+](=O)[O-])cc2)n1-c1c(Cl)cccc1Cl. The van der Waals surface area contributed by atoms with E-state index in [2.05, 4.69) is 4.98 Å². The molecule has 31 heavy (non-hydrogen) atoms. The van der Waals surface area contributed by atoms with E-state index in [0.717, 1.165) is 0 Å². The first-order valence-corrected chi connectivity index (χ1v) is 10.1. The van der Waals surface area contributed by atoms with Gasteiger partial charge >= 0.3 is 0 Å². The molecule has 4 aromatic rings. The largest absolute Gasteiger partial charge is 0.269 e. The Morgan fingerprint density at radius 1 is 0.935 bits per heavy atom. The second kappa shape index (κ2) is 8.51. The summed E-state index contributed by atoms with van der Waals surface area (Å²) in [7, 11) is 0. The predicted octanol–water partition coefficient (Wildman–Crippen LogP) is 6.42. The van der Waals surface area contributed by atoms with Gasteiger partial charge in [-0.25, -0.2) is 4.98 Å². The lowest BCUT2D eigenvalue weighted by atomic mass is 10.2. The number of hydrogen-bond acceptors (Lipinski definition) is 4. The molecule has 0 radical (unpaired) electrons. The Labute approximate surface area is 191 Å². The first kappa shape index (κ1) is 21.1. The van der Waals surface area contributed by atoms with Crippen LogP contribution in [0, 0.1) is 10.1 Å². The average Bonchev–Trinajstić information content (AvgIpc) is 2.74. The molecular weight excluding hydrogens is 461 g/mol. The van der Waals surface area contributed by atoms with Crippen LogP contribution >= 0.6 is 34.8 Å². The second-order valence-electron chi connectivity index (χ2n) is 6.52. The van der Waals surface area contributed by atoms with Gasteiger partial charge in [0, 0.05) is 17.2 Å². The van der Waals surface area contributed by atoms with E-state index in [9.17, 15) is 14.9 Å². The van der Waals surface area contributed by atoms with E-state index in [1.807, 2.05) is 0 Å². The van der Waals surface area contributed by atoms with Crippen LogP contribution in [0.1, 0.15) is 11.4 Å². The molecule has 0 saturated carbocycles. The van der Waals surface area contributed by atoms with Crippen molar-refractivity contribution in [1.29, 1.82) is 0 Å². The van der Waals surface area contributed by atoms with E-state index in [1.54, 1.807) is 54.6 Å². The van der Waals surface area contributed by atoms with Gasteiger partial charge in [0.1, 0.15) is 5.82 Å². The predicted molar refractivity (Wildman–Crippen MR) is 124 cm³/mol. The third-order valence-electron chi connectivity index (χ3n) is 4.55. The Morgan fingerprint density at radius 2 is 1.61 bits per heavy atom. The number of hydrogen-bond donors (Lipinski definition) is 0. The van der Waals surface area contributed by atoms with Crippen molar-refractivity contribution in [3.8, 4) is 5.69 Å². The maximum absolute atomic E-state index is 13.4. The molecule has 0 N–H and O–H groups in total. The van der Waals surface area contributed by atoms with Crippen molar-refractivity contribution in [2.75, 3.05) is 0 Å². The maximum atomic E-state index is 13.4. The van der Waals surface area contributed by atoms with Gasteiger partial charge in [-0.3, -0.25) is 19.5 Å². The van der Waals surface area contributed by atoms with Crippen LogP contribution in [-0.2, 0) is 0 Å². The molecule has 4 rings (SSSR count). The van der Waals surface area contributed by atoms with Gasteiger partial charge in [0.25, 0.3) is 11.2 Å². The van der Waals surface area contributed by atoms with E-state index in [-0.39, 0.29) is 27.1 Å². The summed E-state index contributed by atoms with van der Waals surface area (Å²) < 4.78 is 1.32. The van der Waals surface area contributed by atoms with Gasteiger partial charge in [0.15, 0.2) is 0 Å². The smallest absolute Gasteiger partial charge is 0.268 e. The molecule has 0 bridgehead atoms. The van der Waals surface area contributed by atoms with Gasteiger partial charge in [0.05, 0.1) is 31.6 Å². The number of para-hydroxylation sites is 1. The topological polar surface area (TPSA) is 78.0 Å². The first-order valence-electron chi connectivity index (χ1n) is 8.94. The van der Waals surface area contributed by atoms with Crippen molar-refractivity contribution < 1.29 is 4.92 Å². The Morgan fingerprint density at radius 3 is 2.26 bits per heavy atom. The molecule has 0 saturated heterocycles. The Kier molecular flexibility index (Phi) is 5.78. The van der Waals surface area contributed by atoms with Crippen molar-refractivity contribution in [3.05, 3.63) is 108 Å². The molecule has 0 unspecified atom stereocenters. The highest BCUT2D eigenvalue weighted by Gasteiger charge is 2.16. The van der Waals surface area contributed by atoms with Gasteiger partial charge in [-0.05, 0) is 54.1 Å². The standard InChI is InChI=1S/C22H12Cl3N3O3/c23-14-7-10-19-16(12-14)22(29)27(21-17(24)2-1-3-18(21)25)20(26-19)11-6-13-4-8-15(9-5-13)28(30)31/h1-12H/b11-6+. The molecule has 0 fully saturated rings. The Hall–Kier alpha value is -3.19. The second-order valence-corrected chi connectivity index (χ2v) is 7.78. The number of nitro groups is 1. The van der Waals surface area contributed by atoms with Crippen LogP contribution < -0.4 is 5.56 Å². The summed E-state index contributed by atoms with van der Waals surface area (Å²) in [5.41, 5.74) is 1.04. The lowest BCUT2D eigenvalue weighted by molar-refractivity contribution is -0.384. The number of aromatic nitrogens is 2. The third-order valence-corrected chi connectivity index (χ3v) is 5.39. The summed E-state index contributed by atoms with van der Waals surface area (Å²) >= 11 is 18.8. The number of fused-ring (bicyclic) bond motifs is 1. The lowest BCUT2D eigenvalue weighted by Crippen LogP contribution is -2.23. The van der Waals surface area contributed by atoms with E-state index in [4.69, 9.17) is 34.8 Å². The minimum absolute atomic E-state index is 0.0161. The summed E-state index contributed by atoms with van der Waals surface area (Å²) in [6, 6.07) is 15.8. The maximum Gasteiger partial charge on any atom is 0.269 e. The van der Waals surface area contributed by atoms with Crippen molar-refractivity contribution in [2.45, 2.75) is 0 Å². The third kappa shape index (κ3) is 4.18. The van der Waals surface area contributed by atoms with Crippen LogP contribution in [0.5, 0.6) is 0 Å². The number of halogens is 3. The molecular formula is C22H12Cl3N3O3. The Bertz CT molecular complexity index is 1390. The molecule has 0 atom stereocenters. The zero-order valence-electron chi connectivity index (χ0n) is 15.6. The highest BCUT2D eigenvalue weighted by atomic mass is 35.5. The van der Waals surface area contributed by atoms with Crippen LogP contribution in [0.2, 0.25) is 15.1 Å². The molecule has 0 amide bonds. The summed E-state index contributed by atoms with van der Waals surface area (Å²) in [5.74, 6) is 0.285. The van der Waals surface area contributed by atoms with Crippen molar-refractivity contribution >= 4 is 63.5 Å². The highest BCUT2D eigenvalue weighted by Crippen LogP contribution is 2.29. The summed E-state index contributed by atoms with van der Waals surface area (Å²) in [6.07, 6.45) is 3.31. The Balaban J connectivity index is 1.94. The van der Waals surface area contributed by atoms with E-state index < -0.39 is 4.92 Å². The molecule has 0 aliphatic heterocycles. The fourth-order valence-corrected chi connectivity index (χ4v) is 3.82. The van der Waals surface area contributed by atoms with Gasteiger partial charge in [-0.1, -0.05) is 46.9 Å². The number of nitrogens with zero attached hydrogens (tertiary/aromatic N) is 3. The lowest BCUT2D eigenvalue weighted by Gasteiger charge is -2.14. The van der Waals surface area contributed by atoms with Crippen molar-refractivity contribution in [3.63, 3.8) is 0 Å². The van der Waals surface area contributed by atoms with Crippen LogP contribution in [-0.4, -0.2) is 14.5 Å². The average molecular weight is 473 g/mol. The highest BCUT2D eigenvalue weighted by molar-refractivity contribution is 6.37. The zero-order chi connectivity index (χ0) is 22.1. The van der Waals surface area contributed by atoms with Crippen LogP contribution in [0.25, 0.3) is 28.7 Å². The van der Waals surface area contributed by atoms with Crippen molar-refractivity contribution in [1.82, 2.24) is 9.55 Å². The molecule has 9 heteroatoms. The summed E-state index contributed by atoms with van der Waals surface area (Å²) in [4.78, 5) is 28.3. The van der Waals surface area contributed by atoms with Gasteiger partial charge < -0.3 is 0 Å². The number of benzene rings is 3. The zero-order valence-corrected chi connectivity index (χ0v) is 17.9. The number of non-ortho nitro benzene ring substituents is 1. The van der Waals surface area contributed by atoms with E-state index in [0.29, 0.717) is 27.2 Å². The minimum Gasteiger partial charge on any atom is -0.268 e.